The SMILES string of the molecule is Cn1cnc(S(=O)(=O)Nc2[nH]ncc2CN)c1. The number of aromatic nitrogens is 4. The first kappa shape index (κ1) is 11.6. The molecule has 0 aliphatic heterocycles. The van der Waals surface area contributed by atoms with Gasteiger partial charge in [0.2, 0.25) is 0 Å². The van der Waals surface area contributed by atoms with Gasteiger partial charge < -0.3 is 10.3 Å². The fraction of sp³-hybridized carbons (Fsp3) is 0.250. The van der Waals surface area contributed by atoms with E-state index in [-0.39, 0.29) is 17.4 Å². The minimum absolute atomic E-state index is 0.0578. The Hall–Kier alpha value is -1.87. The highest BCUT2D eigenvalue weighted by molar-refractivity contribution is 7.92. The highest BCUT2D eigenvalue weighted by atomic mass is 32.2. The number of nitrogens with zero attached hydrogens (tertiary/aromatic N) is 3. The quantitative estimate of drug-likeness (QED) is 0.675. The van der Waals surface area contributed by atoms with Crippen LogP contribution in [0.5, 0.6) is 0 Å². The van der Waals surface area contributed by atoms with Crippen LogP contribution < -0.4 is 10.5 Å². The van der Waals surface area contributed by atoms with E-state index in [1.54, 1.807) is 11.6 Å². The van der Waals surface area contributed by atoms with Crippen LogP contribution in [0.2, 0.25) is 0 Å². The van der Waals surface area contributed by atoms with E-state index in [2.05, 4.69) is 19.9 Å². The third kappa shape index (κ3) is 2.29. The zero-order chi connectivity index (χ0) is 12.5. The van der Waals surface area contributed by atoms with E-state index >= 15 is 0 Å². The molecule has 0 saturated heterocycles. The highest BCUT2D eigenvalue weighted by Gasteiger charge is 2.19. The van der Waals surface area contributed by atoms with Crippen molar-refractivity contribution in [2.24, 2.45) is 12.8 Å². The number of nitrogens with two attached hydrogens (primary N) is 1. The van der Waals surface area contributed by atoms with Gasteiger partial charge in [-0.2, -0.15) is 13.5 Å². The topological polar surface area (TPSA) is 119 Å². The Morgan fingerprint density at radius 1 is 1.59 bits per heavy atom. The van der Waals surface area contributed by atoms with Crippen LogP contribution in [-0.2, 0) is 23.6 Å². The van der Waals surface area contributed by atoms with Crippen molar-refractivity contribution in [3.63, 3.8) is 0 Å². The number of aromatic amines is 1. The van der Waals surface area contributed by atoms with Crippen LogP contribution in [0.1, 0.15) is 5.56 Å². The Morgan fingerprint density at radius 2 is 2.35 bits per heavy atom. The summed E-state index contributed by atoms with van der Waals surface area (Å²) in [5, 5.41) is 6.20. The predicted octanol–water partition coefficient (Wildman–Crippen LogP) is -0.597. The second-order valence-corrected chi connectivity index (χ2v) is 5.09. The maximum Gasteiger partial charge on any atom is 0.282 e. The molecule has 2 heterocycles. The van der Waals surface area contributed by atoms with Gasteiger partial charge in [0.15, 0.2) is 5.03 Å². The zero-order valence-electron chi connectivity index (χ0n) is 9.08. The Kier molecular flexibility index (Phi) is 2.86. The summed E-state index contributed by atoms with van der Waals surface area (Å²) in [6.45, 7) is 0.191. The van der Waals surface area contributed by atoms with Crippen LogP contribution >= 0.6 is 0 Å². The molecule has 0 aliphatic rings. The summed E-state index contributed by atoms with van der Waals surface area (Å²) in [6.07, 6.45) is 4.28. The van der Waals surface area contributed by atoms with Crippen LogP contribution in [0.15, 0.2) is 23.7 Å². The lowest BCUT2D eigenvalue weighted by Crippen LogP contribution is -2.15. The Balaban J connectivity index is 2.29. The van der Waals surface area contributed by atoms with Gasteiger partial charge in [0.05, 0.1) is 12.5 Å². The molecule has 0 fully saturated rings. The van der Waals surface area contributed by atoms with Crippen LogP contribution in [-0.4, -0.2) is 28.2 Å². The molecule has 0 atom stereocenters. The van der Waals surface area contributed by atoms with E-state index < -0.39 is 10.0 Å². The number of H-pyrrole nitrogens is 1. The first-order chi connectivity index (χ1) is 8.03. The van der Waals surface area contributed by atoms with Gasteiger partial charge in [-0.3, -0.25) is 9.82 Å². The lowest BCUT2D eigenvalue weighted by atomic mass is 10.3. The van der Waals surface area contributed by atoms with Gasteiger partial charge in [-0.1, -0.05) is 0 Å². The molecule has 2 rings (SSSR count). The molecule has 9 heteroatoms. The van der Waals surface area contributed by atoms with E-state index in [4.69, 9.17) is 5.73 Å². The van der Waals surface area contributed by atoms with Gasteiger partial charge >= 0.3 is 0 Å². The number of aryl methyl sites for hydroxylation is 1. The molecule has 92 valence electrons. The minimum Gasteiger partial charge on any atom is -0.339 e. The Morgan fingerprint density at radius 3 is 2.94 bits per heavy atom. The average Bonchev–Trinajstić information content (AvgIpc) is 2.86. The number of anilines is 1. The molecule has 0 aliphatic carbocycles. The van der Waals surface area contributed by atoms with E-state index in [0.717, 1.165) is 0 Å². The van der Waals surface area contributed by atoms with Crippen LogP contribution in [0, 0.1) is 0 Å². The number of hydrogen-bond donors (Lipinski definition) is 3. The largest absolute Gasteiger partial charge is 0.339 e. The first-order valence-corrected chi connectivity index (χ1v) is 6.24. The maximum atomic E-state index is 11.9. The summed E-state index contributed by atoms with van der Waals surface area (Å²) in [5.74, 6) is 0.262. The van der Waals surface area contributed by atoms with Crippen molar-refractivity contribution in [3.8, 4) is 0 Å². The molecule has 0 saturated carbocycles. The second-order valence-electron chi connectivity index (χ2n) is 3.46. The normalized spacial score (nSPS) is 11.6. The monoisotopic (exact) mass is 256 g/mol. The van der Waals surface area contributed by atoms with Crippen molar-refractivity contribution in [3.05, 3.63) is 24.3 Å². The number of rotatable bonds is 4. The summed E-state index contributed by atoms with van der Waals surface area (Å²) >= 11 is 0. The van der Waals surface area contributed by atoms with Crippen LogP contribution in [0.25, 0.3) is 0 Å². The second kappa shape index (κ2) is 4.18. The standard InChI is InChI=1S/C8H12N6O2S/c1-14-4-7(10-5-14)17(15,16)13-8-6(2-9)3-11-12-8/h3-5H,2,9H2,1H3,(H2,11,12,13). The Bertz CT molecular complexity index is 614. The van der Waals surface area contributed by atoms with E-state index in [9.17, 15) is 8.42 Å². The third-order valence-electron chi connectivity index (χ3n) is 2.13. The molecule has 2 aromatic heterocycles. The number of hydrogen-bond acceptors (Lipinski definition) is 5. The zero-order valence-corrected chi connectivity index (χ0v) is 9.90. The Labute approximate surface area is 97.9 Å². The van der Waals surface area contributed by atoms with Gasteiger partial charge in [0.25, 0.3) is 10.0 Å². The molecule has 4 N–H and O–H groups in total. The summed E-state index contributed by atoms with van der Waals surface area (Å²) in [5.41, 5.74) is 6.03. The molecule has 8 nitrogen and oxygen atoms in total. The van der Waals surface area contributed by atoms with Gasteiger partial charge in [0, 0.05) is 25.4 Å². The van der Waals surface area contributed by atoms with Gasteiger partial charge in [0.1, 0.15) is 5.82 Å². The van der Waals surface area contributed by atoms with Crippen molar-refractivity contribution in [2.45, 2.75) is 11.6 Å². The lowest BCUT2D eigenvalue weighted by Gasteiger charge is -2.04. The number of nitrogens with one attached hydrogen (secondary N) is 2. The van der Waals surface area contributed by atoms with Gasteiger partial charge in [-0.05, 0) is 0 Å². The highest BCUT2D eigenvalue weighted by Crippen LogP contribution is 2.15. The van der Waals surface area contributed by atoms with Crippen molar-refractivity contribution >= 4 is 15.8 Å². The van der Waals surface area contributed by atoms with Crippen molar-refractivity contribution in [1.82, 2.24) is 19.7 Å². The van der Waals surface area contributed by atoms with Crippen molar-refractivity contribution in [1.29, 1.82) is 0 Å². The summed E-state index contributed by atoms with van der Waals surface area (Å²) in [7, 11) is -2.02. The first-order valence-electron chi connectivity index (χ1n) is 4.76. The van der Waals surface area contributed by atoms with Gasteiger partial charge in [-0.25, -0.2) is 4.98 Å². The van der Waals surface area contributed by atoms with Crippen molar-refractivity contribution in [2.75, 3.05) is 4.72 Å². The molecule has 0 unspecified atom stereocenters. The maximum absolute atomic E-state index is 11.9. The molecule has 17 heavy (non-hydrogen) atoms. The van der Waals surface area contributed by atoms with E-state index in [1.807, 2.05) is 0 Å². The summed E-state index contributed by atoms with van der Waals surface area (Å²) < 4.78 is 27.7. The third-order valence-corrected chi connectivity index (χ3v) is 3.37. The minimum atomic E-state index is -3.70. The molecule has 0 spiro atoms. The predicted molar refractivity (Wildman–Crippen MR) is 60.5 cm³/mol. The molecular formula is C8H12N6O2S. The fourth-order valence-corrected chi connectivity index (χ4v) is 2.31. The van der Waals surface area contributed by atoms with Crippen LogP contribution in [0.4, 0.5) is 5.82 Å². The molecule has 0 radical (unpaired) electrons. The fourth-order valence-electron chi connectivity index (χ4n) is 1.27. The summed E-state index contributed by atoms with van der Waals surface area (Å²) in [4.78, 5) is 3.77. The molecule has 0 amide bonds. The van der Waals surface area contributed by atoms with E-state index in [0.29, 0.717) is 5.56 Å². The van der Waals surface area contributed by atoms with Crippen molar-refractivity contribution < 1.29 is 8.42 Å². The van der Waals surface area contributed by atoms with E-state index in [1.165, 1.54) is 18.7 Å². The molecule has 0 aromatic carbocycles. The summed E-state index contributed by atoms with van der Waals surface area (Å²) in [6, 6.07) is 0. The molecule has 2 aromatic rings. The van der Waals surface area contributed by atoms with Gasteiger partial charge in [-0.15, -0.1) is 0 Å². The number of imidazole rings is 1. The van der Waals surface area contributed by atoms with Crippen LogP contribution in [0.3, 0.4) is 0 Å². The molecular weight excluding hydrogens is 244 g/mol. The number of sulfonamides is 1. The lowest BCUT2D eigenvalue weighted by molar-refractivity contribution is 0.598. The average molecular weight is 256 g/mol. The molecule has 0 bridgehead atoms. The smallest absolute Gasteiger partial charge is 0.282 e.